The lowest BCUT2D eigenvalue weighted by atomic mass is 9.83. The van der Waals surface area contributed by atoms with Crippen LogP contribution in [0.5, 0.6) is 11.5 Å². The van der Waals surface area contributed by atoms with Crippen molar-refractivity contribution >= 4 is 58.5 Å². The summed E-state index contributed by atoms with van der Waals surface area (Å²) < 4.78 is 10.8. The maximum absolute atomic E-state index is 14.2. The van der Waals surface area contributed by atoms with Crippen LogP contribution >= 0.6 is 11.8 Å². The highest BCUT2D eigenvalue weighted by atomic mass is 32.2. The lowest BCUT2D eigenvalue weighted by Gasteiger charge is -2.22. The summed E-state index contributed by atoms with van der Waals surface area (Å²) in [5.74, 6) is -1.18. The summed E-state index contributed by atoms with van der Waals surface area (Å²) in [4.78, 5) is 69.0. The molecule has 282 valence electrons. The van der Waals surface area contributed by atoms with Crippen LogP contribution in [-0.4, -0.2) is 43.5 Å². The molecule has 10 nitrogen and oxygen atoms in total. The van der Waals surface area contributed by atoms with Gasteiger partial charge in [0.05, 0.1) is 25.5 Å². The summed E-state index contributed by atoms with van der Waals surface area (Å²) in [7, 11) is 3.03. The first-order valence-electron chi connectivity index (χ1n) is 17.8. The number of fused-ring (bicyclic) bond motifs is 2. The molecule has 57 heavy (non-hydrogen) atoms. The number of hydrogen-bond acceptors (Lipinski definition) is 8. The standard InChI is InChI=1S/C46H35N3O7S/c1-55-38-24-23-28(26-39(38)56-2)25-37(49-44(52)30-15-7-4-8-16-30)45(53)47-31-17-11-18-32(27-31)57-43(29-13-5-3-6-14-29)46(54)48-36-22-12-21-35-40(36)42(51)34-20-10-9-19-33(34)41(35)50/h3-27,43H,1-2H3,(H,47,53)(H,48,54)(H,49,52)/b37-25+. The van der Waals surface area contributed by atoms with E-state index in [2.05, 4.69) is 16.0 Å². The van der Waals surface area contributed by atoms with Gasteiger partial charge in [0.1, 0.15) is 10.9 Å². The highest BCUT2D eigenvalue weighted by Crippen LogP contribution is 2.39. The number of methoxy groups -OCH3 is 2. The average molecular weight is 774 g/mol. The Kier molecular flexibility index (Phi) is 11.4. The third kappa shape index (κ3) is 8.38. The number of rotatable bonds is 12. The Morgan fingerprint density at radius 3 is 2.00 bits per heavy atom. The Morgan fingerprint density at radius 2 is 1.28 bits per heavy atom. The lowest BCUT2D eigenvalue weighted by molar-refractivity contribution is -0.116. The van der Waals surface area contributed by atoms with Crippen LogP contribution in [0.3, 0.4) is 0 Å². The molecule has 1 aliphatic rings. The molecule has 0 saturated carbocycles. The van der Waals surface area contributed by atoms with Crippen molar-refractivity contribution in [3.8, 4) is 11.5 Å². The maximum atomic E-state index is 14.2. The van der Waals surface area contributed by atoms with E-state index in [1.165, 1.54) is 32.1 Å². The molecule has 0 spiro atoms. The van der Waals surface area contributed by atoms with Crippen LogP contribution in [0, 0.1) is 0 Å². The molecule has 0 aliphatic heterocycles. The molecule has 0 aromatic heterocycles. The van der Waals surface area contributed by atoms with Gasteiger partial charge in [-0.25, -0.2) is 0 Å². The van der Waals surface area contributed by atoms with Crippen molar-refractivity contribution in [2.24, 2.45) is 0 Å². The number of carbonyl (C=O) groups is 5. The minimum Gasteiger partial charge on any atom is -0.493 e. The first-order valence-corrected chi connectivity index (χ1v) is 18.7. The van der Waals surface area contributed by atoms with Gasteiger partial charge in [0.15, 0.2) is 23.1 Å². The van der Waals surface area contributed by atoms with Gasteiger partial charge >= 0.3 is 0 Å². The second kappa shape index (κ2) is 17.1. The minimum atomic E-state index is -0.805. The van der Waals surface area contributed by atoms with Gasteiger partial charge in [-0.05, 0) is 65.7 Å². The Bertz CT molecular complexity index is 2560. The fraction of sp³-hybridized carbons (Fsp3) is 0.0652. The van der Waals surface area contributed by atoms with Gasteiger partial charge in [-0.1, -0.05) is 97.1 Å². The molecule has 0 heterocycles. The summed E-state index contributed by atoms with van der Waals surface area (Å²) in [6, 6.07) is 41.3. The van der Waals surface area contributed by atoms with Crippen LogP contribution in [-0.2, 0) is 9.59 Å². The van der Waals surface area contributed by atoms with E-state index >= 15 is 0 Å². The normalized spacial score (nSPS) is 12.4. The molecule has 3 N–H and O–H groups in total. The highest BCUT2D eigenvalue weighted by Gasteiger charge is 2.33. The molecular formula is C46H35N3O7S. The van der Waals surface area contributed by atoms with Crippen LogP contribution < -0.4 is 25.4 Å². The second-order valence-corrected chi connectivity index (χ2v) is 14.0. The number of amides is 3. The topological polar surface area (TPSA) is 140 Å². The average Bonchev–Trinajstić information content (AvgIpc) is 3.25. The predicted octanol–water partition coefficient (Wildman–Crippen LogP) is 8.36. The van der Waals surface area contributed by atoms with E-state index < -0.39 is 23.0 Å². The van der Waals surface area contributed by atoms with E-state index in [4.69, 9.17) is 9.47 Å². The molecule has 3 amide bonds. The summed E-state index contributed by atoms with van der Waals surface area (Å²) >= 11 is 1.24. The lowest BCUT2D eigenvalue weighted by Crippen LogP contribution is -2.30. The number of ether oxygens (including phenoxy) is 2. The molecular weight excluding hydrogens is 739 g/mol. The van der Waals surface area contributed by atoms with Crippen LogP contribution in [0.1, 0.15) is 58.6 Å². The maximum Gasteiger partial charge on any atom is 0.272 e. The summed E-state index contributed by atoms with van der Waals surface area (Å²) in [6.07, 6.45) is 1.53. The molecule has 7 rings (SSSR count). The minimum absolute atomic E-state index is 0.0301. The van der Waals surface area contributed by atoms with Gasteiger partial charge < -0.3 is 25.4 Å². The molecule has 0 fully saturated rings. The van der Waals surface area contributed by atoms with Crippen molar-refractivity contribution < 1.29 is 33.4 Å². The van der Waals surface area contributed by atoms with E-state index in [1.807, 2.05) is 36.4 Å². The van der Waals surface area contributed by atoms with Gasteiger partial charge in [-0.2, -0.15) is 0 Å². The third-order valence-electron chi connectivity index (χ3n) is 9.14. The second-order valence-electron chi connectivity index (χ2n) is 12.8. The van der Waals surface area contributed by atoms with Crippen molar-refractivity contribution in [3.63, 3.8) is 0 Å². The van der Waals surface area contributed by atoms with Crippen molar-refractivity contribution in [2.75, 3.05) is 24.9 Å². The van der Waals surface area contributed by atoms with E-state index in [0.717, 1.165) is 0 Å². The van der Waals surface area contributed by atoms with Crippen molar-refractivity contribution in [1.29, 1.82) is 0 Å². The summed E-state index contributed by atoms with van der Waals surface area (Å²) in [5.41, 5.74) is 3.22. The molecule has 1 unspecified atom stereocenters. The molecule has 0 saturated heterocycles. The zero-order valence-corrected chi connectivity index (χ0v) is 31.6. The van der Waals surface area contributed by atoms with Gasteiger partial charge in [-0.3, -0.25) is 24.0 Å². The molecule has 0 bridgehead atoms. The SMILES string of the molecule is COc1ccc(/C=C(/NC(=O)c2ccccc2)C(=O)Nc2cccc(SC(C(=O)Nc3cccc4c3C(=O)c3ccccc3C4=O)c3ccccc3)c2)cc1OC. The van der Waals surface area contributed by atoms with Gasteiger partial charge in [0.2, 0.25) is 5.91 Å². The van der Waals surface area contributed by atoms with Gasteiger partial charge in [0.25, 0.3) is 11.8 Å². The third-order valence-corrected chi connectivity index (χ3v) is 10.4. The van der Waals surface area contributed by atoms with E-state index in [1.54, 1.807) is 109 Å². The van der Waals surface area contributed by atoms with Gasteiger partial charge in [-0.15, -0.1) is 11.8 Å². The van der Waals surface area contributed by atoms with Crippen LogP contribution in [0.2, 0.25) is 0 Å². The van der Waals surface area contributed by atoms with Crippen molar-refractivity contribution in [3.05, 3.63) is 190 Å². The van der Waals surface area contributed by atoms with Crippen molar-refractivity contribution in [2.45, 2.75) is 10.1 Å². The fourth-order valence-corrected chi connectivity index (χ4v) is 7.47. The molecule has 0 radical (unpaired) electrons. The Balaban J connectivity index is 1.15. The number of carbonyl (C=O) groups excluding carboxylic acids is 5. The molecule has 6 aromatic rings. The molecule has 1 aliphatic carbocycles. The Hall–Kier alpha value is -7.24. The molecule has 11 heteroatoms. The summed E-state index contributed by atoms with van der Waals surface area (Å²) in [5, 5.41) is 7.76. The molecule has 1 atom stereocenters. The zero-order chi connectivity index (χ0) is 39.9. The number of thioether (sulfide) groups is 1. The largest absolute Gasteiger partial charge is 0.493 e. The van der Waals surface area contributed by atoms with Crippen LogP contribution in [0.15, 0.2) is 156 Å². The number of anilines is 2. The number of ketones is 2. The number of hydrogen-bond donors (Lipinski definition) is 3. The monoisotopic (exact) mass is 773 g/mol. The quantitative estimate of drug-likeness (QED) is 0.0832. The first-order chi connectivity index (χ1) is 27.7. The predicted molar refractivity (Wildman–Crippen MR) is 220 cm³/mol. The van der Waals surface area contributed by atoms with Crippen molar-refractivity contribution in [1.82, 2.24) is 5.32 Å². The van der Waals surface area contributed by atoms with Crippen LogP contribution in [0.25, 0.3) is 6.08 Å². The Labute approximate surface area is 332 Å². The first kappa shape index (κ1) is 38.1. The Morgan fingerprint density at radius 1 is 0.632 bits per heavy atom. The van der Waals surface area contributed by atoms with E-state index in [9.17, 15) is 24.0 Å². The number of nitrogens with one attached hydrogen (secondary N) is 3. The highest BCUT2D eigenvalue weighted by molar-refractivity contribution is 8.00. The molecule has 6 aromatic carbocycles. The fourth-order valence-electron chi connectivity index (χ4n) is 6.38. The van der Waals surface area contributed by atoms with Crippen LogP contribution in [0.4, 0.5) is 11.4 Å². The zero-order valence-electron chi connectivity index (χ0n) is 30.8. The van der Waals surface area contributed by atoms with Gasteiger partial charge in [0, 0.05) is 32.8 Å². The van der Waals surface area contributed by atoms with E-state index in [-0.39, 0.29) is 39.6 Å². The summed E-state index contributed by atoms with van der Waals surface area (Å²) in [6.45, 7) is 0. The number of benzene rings is 6. The smallest absolute Gasteiger partial charge is 0.272 e. The van der Waals surface area contributed by atoms with E-state index in [0.29, 0.717) is 44.3 Å².